The third-order valence-corrected chi connectivity index (χ3v) is 4.19. The van der Waals surface area contributed by atoms with Crippen LogP contribution < -0.4 is 10.1 Å². The molecule has 1 atom stereocenters. The Morgan fingerprint density at radius 1 is 1.35 bits per heavy atom. The maximum absolute atomic E-state index is 13.9. The number of benzene rings is 1. The SMILES string of the molecule is CCCNC(c1ccc(OC)c(F)c1)c1cscc1C. The Labute approximate surface area is 123 Å². The first kappa shape index (κ1) is 15.0. The molecule has 0 aliphatic rings. The lowest BCUT2D eigenvalue weighted by molar-refractivity contribution is 0.385. The molecule has 20 heavy (non-hydrogen) atoms. The highest BCUT2D eigenvalue weighted by Crippen LogP contribution is 2.30. The van der Waals surface area contributed by atoms with E-state index in [2.05, 4.69) is 29.9 Å². The van der Waals surface area contributed by atoms with Crippen LogP contribution in [0.4, 0.5) is 4.39 Å². The second kappa shape index (κ2) is 6.86. The lowest BCUT2D eigenvalue weighted by Gasteiger charge is -2.20. The van der Waals surface area contributed by atoms with Crippen molar-refractivity contribution < 1.29 is 9.13 Å². The zero-order chi connectivity index (χ0) is 14.5. The van der Waals surface area contributed by atoms with E-state index in [4.69, 9.17) is 4.74 Å². The fourth-order valence-electron chi connectivity index (χ4n) is 2.22. The summed E-state index contributed by atoms with van der Waals surface area (Å²) in [4.78, 5) is 0. The van der Waals surface area contributed by atoms with Crippen molar-refractivity contribution in [1.29, 1.82) is 0 Å². The van der Waals surface area contributed by atoms with E-state index in [1.165, 1.54) is 18.2 Å². The largest absolute Gasteiger partial charge is 0.494 e. The molecule has 2 nitrogen and oxygen atoms in total. The van der Waals surface area contributed by atoms with Gasteiger partial charge >= 0.3 is 0 Å². The van der Waals surface area contributed by atoms with Gasteiger partial charge in [0.05, 0.1) is 13.2 Å². The molecule has 1 N–H and O–H groups in total. The molecule has 2 rings (SSSR count). The Bertz CT molecular complexity index is 567. The van der Waals surface area contributed by atoms with Crippen LogP contribution in [0.1, 0.15) is 36.1 Å². The van der Waals surface area contributed by atoms with Gasteiger partial charge < -0.3 is 10.1 Å². The van der Waals surface area contributed by atoms with E-state index >= 15 is 0 Å². The van der Waals surface area contributed by atoms with Crippen molar-refractivity contribution in [2.75, 3.05) is 13.7 Å². The third-order valence-electron chi connectivity index (χ3n) is 3.31. The van der Waals surface area contributed by atoms with Gasteiger partial charge in [-0.1, -0.05) is 13.0 Å². The molecule has 1 aromatic heterocycles. The van der Waals surface area contributed by atoms with Crippen LogP contribution in [-0.2, 0) is 0 Å². The number of rotatable bonds is 6. The molecule has 0 aliphatic carbocycles. The summed E-state index contributed by atoms with van der Waals surface area (Å²) in [6.07, 6.45) is 1.04. The average Bonchev–Trinajstić information content (AvgIpc) is 2.86. The highest BCUT2D eigenvalue weighted by Gasteiger charge is 2.17. The van der Waals surface area contributed by atoms with Crippen molar-refractivity contribution in [3.63, 3.8) is 0 Å². The minimum Gasteiger partial charge on any atom is -0.494 e. The first-order valence-corrected chi connectivity index (χ1v) is 7.71. The quantitative estimate of drug-likeness (QED) is 0.857. The number of halogens is 1. The number of ether oxygens (including phenoxy) is 1. The Hall–Kier alpha value is -1.39. The van der Waals surface area contributed by atoms with Crippen molar-refractivity contribution in [3.05, 3.63) is 51.5 Å². The van der Waals surface area contributed by atoms with E-state index in [0.717, 1.165) is 18.5 Å². The zero-order valence-electron chi connectivity index (χ0n) is 12.1. The summed E-state index contributed by atoms with van der Waals surface area (Å²) in [7, 11) is 1.48. The summed E-state index contributed by atoms with van der Waals surface area (Å²) in [5.41, 5.74) is 3.38. The maximum Gasteiger partial charge on any atom is 0.165 e. The van der Waals surface area contributed by atoms with E-state index in [-0.39, 0.29) is 17.6 Å². The predicted octanol–water partition coefficient (Wildman–Crippen LogP) is 4.29. The van der Waals surface area contributed by atoms with Crippen LogP contribution in [0.3, 0.4) is 0 Å². The van der Waals surface area contributed by atoms with Gasteiger partial charge in [0.15, 0.2) is 11.6 Å². The Morgan fingerprint density at radius 2 is 2.15 bits per heavy atom. The molecule has 0 amide bonds. The minimum absolute atomic E-state index is 0.0293. The first-order chi connectivity index (χ1) is 9.67. The van der Waals surface area contributed by atoms with E-state index in [1.807, 2.05) is 6.07 Å². The van der Waals surface area contributed by atoms with Crippen LogP contribution in [0.5, 0.6) is 5.75 Å². The molecule has 0 spiro atoms. The predicted molar refractivity (Wildman–Crippen MR) is 82.1 cm³/mol. The molecule has 0 aliphatic heterocycles. The molecule has 0 radical (unpaired) electrons. The van der Waals surface area contributed by atoms with Crippen molar-refractivity contribution in [2.24, 2.45) is 0 Å². The Morgan fingerprint density at radius 3 is 2.70 bits per heavy atom. The number of nitrogens with one attached hydrogen (secondary N) is 1. The number of thiophene rings is 1. The number of hydrogen-bond donors (Lipinski definition) is 1. The lowest BCUT2D eigenvalue weighted by atomic mass is 9.98. The minimum atomic E-state index is -0.318. The fourth-order valence-corrected chi connectivity index (χ4v) is 3.10. The summed E-state index contributed by atoms with van der Waals surface area (Å²) in [5.74, 6) is -0.0359. The van der Waals surface area contributed by atoms with Gasteiger partial charge in [-0.05, 0) is 59.5 Å². The van der Waals surface area contributed by atoms with E-state index in [1.54, 1.807) is 23.5 Å². The van der Waals surface area contributed by atoms with Crippen molar-refractivity contribution in [2.45, 2.75) is 26.3 Å². The van der Waals surface area contributed by atoms with Crippen LogP contribution >= 0.6 is 11.3 Å². The second-order valence-electron chi connectivity index (χ2n) is 4.79. The smallest absolute Gasteiger partial charge is 0.165 e. The maximum atomic E-state index is 13.9. The van der Waals surface area contributed by atoms with Crippen LogP contribution in [0, 0.1) is 12.7 Å². The topological polar surface area (TPSA) is 21.3 Å². The molecule has 1 unspecified atom stereocenters. The number of hydrogen-bond acceptors (Lipinski definition) is 3. The molecule has 0 saturated carbocycles. The number of methoxy groups -OCH3 is 1. The highest BCUT2D eigenvalue weighted by atomic mass is 32.1. The number of aryl methyl sites for hydroxylation is 1. The van der Waals surface area contributed by atoms with Crippen molar-refractivity contribution >= 4 is 11.3 Å². The summed E-state index contributed by atoms with van der Waals surface area (Å²) in [5, 5.41) is 7.74. The lowest BCUT2D eigenvalue weighted by Crippen LogP contribution is -2.23. The highest BCUT2D eigenvalue weighted by molar-refractivity contribution is 7.08. The molecule has 1 aromatic carbocycles. The first-order valence-electron chi connectivity index (χ1n) is 6.76. The molecule has 2 aromatic rings. The van der Waals surface area contributed by atoms with Crippen molar-refractivity contribution in [3.8, 4) is 5.75 Å². The molecule has 0 bridgehead atoms. The standard InChI is InChI=1S/C16H20FNOS/c1-4-7-18-16(13-10-20-9-11(13)2)12-5-6-15(19-3)14(17)8-12/h5-6,8-10,16,18H,4,7H2,1-3H3. The van der Waals surface area contributed by atoms with Gasteiger partial charge in [-0.25, -0.2) is 4.39 Å². The van der Waals surface area contributed by atoms with Gasteiger partial charge in [-0.2, -0.15) is 11.3 Å². The van der Waals surface area contributed by atoms with E-state index < -0.39 is 0 Å². The molecule has 1 heterocycles. The summed E-state index contributed by atoms with van der Waals surface area (Å²) in [6.45, 7) is 5.11. The van der Waals surface area contributed by atoms with Gasteiger partial charge in [-0.15, -0.1) is 0 Å². The second-order valence-corrected chi connectivity index (χ2v) is 5.53. The van der Waals surface area contributed by atoms with Crippen LogP contribution in [0.25, 0.3) is 0 Å². The molecule has 0 fully saturated rings. The van der Waals surface area contributed by atoms with E-state index in [0.29, 0.717) is 0 Å². The Balaban J connectivity index is 2.36. The summed E-state index contributed by atoms with van der Waals surface area (Å²) < 4.78 is 18.9. The monoisotopic (exact) mass is 293 g/mol. The van der Waals surface area contributed by atoms with Crippen LogP contribution in [0.15, 0.2) is 29.0 Å². The average molecular weight is 293 g/mol. The van der Waals surface area contributed by atoms with E-state index in [9.17, 15) is 4.39 Å². The van der Waals surface area contributed by atoms with Gasteiger partial charge in [-0.3, -0.25) is 0 Å². The summed E-state index contributed by atoms with van der Waals surface area (Å²) in [6, 6.07) is 5.20. The molecule has 4 heteroatoms. The molecular weight excluding hydrogens is 273 g/mol. The van der Waals surface area contributed by atoms with Gasteiger partial charge in [0.2, 0.25) is 0 Å². The van der Waals surface area contributed by atoms with Crippen LogP contribution in [0.2, 0.25) is 0 Å². The van der Waals surface area contributed by atoms with Gasteiger partial charge in [0.1, 0.15) is 0 Å². The fraction of sp³-hybridized carbons (Fsp3) is 0.375. The van der Waals surface area contributed by atoms with Crippen molar-refractivity contribution in [1.82, 2.24) is 5.32 Å². The summed E-state index contributed by atoms with van der Waals surface area (Å²) >= 11 is 1.68. The molecular formula is C16H20FNOS. The third kappa shape index (κ3) is 3.19. The zero-order valence-corrected chi connectivity index (χ0v) is 12.9. The van der Waals surface area contributed by atoms with Gasteiger partial charge in [0, 0.05) is 0 Å². The normalized spacial score (nSPS) is 12.4. The van der Waals surface area contributed by atoms with Crippen LogP contribution in [-0.4, -0.2) is 13.7 Å². The molecule has 108 valence electrons. The Kier molecular flexibility index (Phi) is 5.15. The van der Waals surface area contributed by atoms with Gasteiger partial charge in [0.25, 0.3) is 0 Å². The molecule has 0 saturated heterocycles.